The molecule has 0 unspecified atom stereocenters. The highest BCUT2D eigenvalue weighted by molar-refractivity contribution is 7.20. The molecule has 0 N–H and O–H groups in total. The van der Waals surface area contributed by atoms with Crippen LogP contribution in [-0.2, 0) is 4.74 Å². The minimum absolute atomic E-state index is 0.552. The van der Waals surface area contributed by atoms with Crippen LogP contribution in [0.1, 0.15) is 0 Å². The number of thiazole rings is 1. The third kappa shape index (κ3) is 2.02. The first-order valence-electron chi connectivity index (χ1n) is 4.37. The van der Waals surface area contributed by atoms with Gasteiger partial charge in [-0.1, -0.05) is 23.5 Å². The zero-order chi connectivity index (χ0) is 9.80. The Morgan fingerprint density at radius 3 is 2.93 bits per heavy atom. The van der Waals surface area contributed by atoms with Crippen LogP contribution in [0.3, 0.4) is 0 Å². The van der Waals surface area contributed by atoms with Crippen LogP contribution in [0.5, 0.6) is 5.19 Å². The van der Waals surface area contributed by atoms with Gasteiger partial charge in [-0.2, -0.15) is 0 Å². The fourth-order valence-electron chi connectivity index (χ4n) is 1.13. The summed E-state index contributed by atoms with van der Waals surface area (Å²) in [6, 6.07) is 7.99. The van der Waals surface area contributed by atoms with Gasteiger partial charge in [0.15, 0.2) is 0 Å². The van der Waals surface area contributed by atoms with Crippen molar-refractivity contribution < 1.29 is 9.47 Å². The maximum Gasteiger partial charge on any atom is 0.274 e. The number of rotatable bonds is 4. The number of nitrogens with zero attached hydrogens (tertiary/aromatic N) is 1. The van der Waals surface area contributed by atoms with Gasteiger partial charge in [0, 0.05) is 7.11 Å². The fraction of sp³-hybridized carbons (Fsp3) is 0.300. The quantitative estimate of drug-likeness (QED) is 0.724. The predicted molar refractivity (Wildman–Crippen MR) is 57.0 cm³/mol. The topological polar surface area (TPSA) is 31.4 Å². The highest BCUT2D eigenvalue weighted by Gasteiger charge is 2.02. The van der Waals surface area contributed by atoms with Crippen LogP contribution in [0.15, 0.2) is 24.3 Å². The number of benzene rings is 1. The molecule has 74 valence electrons. The molecule has 1 aromatic heterocycles. The number of hydrogen-bond donors (Lipinski definition) is 0. The first-order valence-corrected chi connectivity index (χ1v) is 5.19. The molecule has 1 aromatic carbocycles. The van der Waals surface area contributed by atoms with Crippen LogP contribution < -0.4 is 4.74 Å². The van der Waals surface area contributed by atoms with Crippen molar-refractivity contribution in [2.45, 2.75) is 0 Å². The molecule has 0 saturated carbocycles. The lowest BCUT2D eigenvalue weighted by atomic mass is 10.3. The standard InChI is InChI=1S/C10H11NO2S/c1-12-6-7-13-10-11-8-4-2-3-5-9(8)14-10/h2-5H,6-7H2,1H3. The van der Waals surface area contributed by atoms with Gasteiger partial charge < -0.3 is 9.47 Å². The van der Waals surface area contributed by atoms with Crippen molar-refractivity contribution in [1.29, 1.82) is 0 Å². The first kappa shape index (κ1) is 9.43. The zero-order valence-electron chi connectivity index (χ0n) is 7.90. The second-order valence-electron chi connectivity index (χ2n) is 2.79. The summed E-state index contributed by atoms with van der Waals surface area (Å²) in [5.74, 6) is 0. The highest BCUT2D eigenvalue weighted by Crippen LogP contribution is 2.26. The molecular weight excluding hydrogens is 198 g/mol. The average Bonchev–Trinajstić information content (AvgIpc) is 2.60. The Hall–Kier alpha value is -1.13. The summed E-state index contributed by atoms with van der Waals surface area (Å²) < 4.78 is 11.5. The van der Waals surface area contributed by atoms with Gasteiger partial charge >= 0.3 is 0 Å². The Bertz CT molecular complexity index is 380. The molecule has 0 saturated heterocycles. The third-order valence-corrected chi connectivity index (χ3v) is 2.74. The summed E-state index contributed by atoms with van der Waals surface area (Å²) in [6.07, 6.45) is 0. The Labute approximate surface area is 86.3 Å². The van der Waals surface area contributed by atoms with E-state index < -0.39 is 0 Å². The van der Waals surface area contributed by atoms with Crippen molar-refractivity contribution in [3.05, 3.63) is 24.3 Å². The summed E-state index contributed by atoms with van der Waals surface area (Å²) in [5.41, 5.74) is 0.991. The Balaban J connectivity index is 2.11. The smallest absolute Gasteiger partial charge is 0.274 e. The summed E-state index contributed by atoms with van der Waals surface area (Å²) >= 11 is 1.56. The van der Waals surface area contributed by atoms with Crippen LogP contribution in [0.25, 0.3) is 10.2 Å². The van der Waals surface area contributed by atoms with Crippen molar-refractivity contribution in [1.82, 2.24) is 4.98 Å². The monoisotopic (exact) mass is 209 g/mol. The molecule has 3 nitrogen and oxygen atoms in total. The summed E-state index contributed by atoms with van der Waals surface area (Å²) in [6.45, 7) is 1.15. The average molecular weight is 209 g/mol. The number of fused-ring (bicyclic) bond motifs is 1. The molecule has 0 aliphatic rings. The largest absolute Gasteiger partial charge is 0.468 e. The number of para-hydroxylation sites is 1. The number of methoxy groups -OCH3 is 1. The molecular formula is C10H11NO2S. The Kier molecular flexibility index (Phi) is 2.96. The normalized spacial score (nSPS) is 10.6. The predicted octanol–water partition coefficient (Wildman–Crippen LogP) is 2.32. The van der Waals surface area contributed by atoms with E-state index in [1.54, 1.807) is 18.4 Å². The van der Waals surface area contributed by atoms with Gasteiger partial charge in [-0.3, -0.25) is 0 Å². The summed E-state index contributed by atoms with van der Waals surface area (Å²) in [7, 11) is 1.65. The van der Waals surface area contributed by atoms with Gasteiger partial charge in [-0.25, -0.2) is 4.98 Å². The molecule has 0 amide bonds. The van der Waals surface area contributed by atoms with Crippen molar-refractivity contribution >= 4 is 21.6 Å². The third-order valence-electron chi connectivity index (χ3n) is 1.79. The highest BCUT2D eigenvalue weighted by atomic mass is 32.1. The summed E-state index contributed by atoms with van der Waals surface area (Å²) in [5, 5.41) is 0.711. The molecule has 14 heavy (non-hydrogen) atoms. The van der Waals surface area contributed by atoms with Crippen molar-refractivity contribution in [2.24, 2.45) is 0 Å². The van der Waals surface area contributed by atoms with E-state index in [4.69, 9.17) is 9.47 Å². The minimum Gasteiger partial charge on any atom is -0.468 e. The maximum atomic E-state index is 5.41. The van der Waals surface area contributed by atoms with E-state index in [0.717, 1.165) is 10.2 Å². The molecule has 2 aromatic rings. The van der Waals surface area contributed by atoms with Crippen LogP contribution in [-0.4, -0.2) is 25.3 Å². The van der Waals surface area contributed by atoms with Gasteiger partial charge in [0.1, 0.15) is 6.61 Å². The van der Waals surface area contributed by atoms with Crippen molar-refractivity contribution in [3.63, 3.8) is 0 Å². The minimum atomic E-state index is 0.552. The van der Waals surface area contributed by atoms with E-state index >= 15 is 0 Å². The van der Waals surface area contributed by atoms with Crippen molar-refractivity contribution in [2.75, 3.05) is 20.3 Å². The molecule has 0 spiro atoms. The Morgan fingerprint density at radius 2 is 2.14 bits per heavy atom. The van der Waals surface area contributed by atoms with E-state index in [9.17, 15) is 0 Å². The molecule has 0 bridgehead atoms. The van der Waals surface area contributed by atoms with Crippen LogP contribution in [0, 0.1) is 0 Å². The van der Waals surface area contributed by atoms with Crippen LogP contribution >= 0.6 is 11.3 Å². The van der Waals surface area contributed by atoms with Gasteiger partial charge in [-0.05, 0) is 12.1 Å². The SMILES string of the molecule is COCCOc1nc2ccccc2s1. The van der Waals surface area contributed by atoms with Gasteiger partial charge in [0.05, 0.1) is 16.8 Å². The second kappa shape index (κ2) is 4.39. The lowest BCUT2D eigenvalue weighted by molar-refractivity contribution is 0.146. The molecule has 0 aliphatic carbocycles. The van der Waals surface area contributed by atoms with Crippen LogP contribution in [0.4, 0.5) is 0 Å². The molecule has 1 heterocycles. The lowest BCUT2D eigenvalue weighted by Crippen LogP contribution is -2.03. The second-order valence-corrected chi connectivity index (χ2v) is 3.78. The molecule has 2 rings (SSSR count). The van der Waals surface area contributed by atoms with E-state index in [-0.39, 0.29) is 0 Å². The lowest BCUT2D eigenvalue weighted by Gasteiger charge is -1.98. The number of hydrogen-bond acceptors (Lipinski definition) is 4. The number of ether oxygens (including phenoxy) is 2. The molecule has 0 fully saturated rings. The molecule has 0 radical (unpaired) electrons. The fourth-order valence-corrected chi connectivity index (χ4v) is 1.96. The molecule has 0 aliphatic heterocycles. The molecule has 0 atom stereocenters. The van der Waals surface area contributed by atoms with E-state index in [0.29, 0.717) is 18.4 Å². The maximum absolute atomic E-state index is 5.41. The number of aromatic nitrogens is 1. The van der Waals surface area contributed by atoms with Crippen molar-refractivity contribution in [3.8, 4) is 5.19 Å². The Morgan fingerprint density at radius 1 is 1.29 bits per heavy atom. The zero-order valence-corrected chi connectivity index (χ0v) is 8.71. The van der Waals surface area contributed by atoms with E-state index in [2.05, 4.69) is 4.98 Å². The molecule has 4 heteroatoms. The van der Waals surface area contributed by atoms with Gasteiger partial charge in [-0.15, -0.1) is 0 Å². The van der Waals surface area contributed by atoms with Gasteiger partial charge in [0.2, 0.25) is 0 Å². The first-order chi connectivity index (χ1) is 6.90. The van der Waals surface area contributed by atoms with E-state index in [1.165, 1.54) is 0 Å². The summed E-state index contributed by atoms with van der Waals surface area (Å²) in [4.78, 5) is 4.33. The van der Waals surface area contributed by atoms with Gasteiger partial charge in [0.25, 0.3) is 5.19 Å². The van der Waals surface area contributed by atoms with Crippen LogP contribution in [0.2, 0.25) is 0 Å². The van der Waals surface area contributed by atoms with E-state index in [1.807, 2.05) is 24.3 Å².